The molecule has 0 amide bonds. The summed E-state index contributed by atoms with van der Waals surface area (Å²) in [5.41, 5.74) is -0.279. The predicted molar refractivity (Wildman–Crippen MR) is 54.3 cm³/mol. The van der Waals surface area contributed by atoms with Crippen molar-refractivity contribution in [3.63, 3.8) is 0 Å². The molecule has 1 aromatic carbocycles. The van der Waals surface area contributed by atoms with Gasteiger partial charge in [0, 0.05) is 0 Å². The number of nitriles is 1. The number of aliphatic hydroxyl groups is 2. The number of rotatable bonds is 3. The first-order valence-corrected chi connectivity index (χ1v) is 4.64. The van der Waals surface area contributed by atoms with E-state index in [4.69, 9.17) is 10.4 Å². The van der Waals surface area contributed by atoms with Gasteiger partial charge in [0.25, 0.3) is 0 Å². The number of nitrogens with zero attached hydrogens (tertiary/aromatic N) is 1. The third-order valence-corrected chi connectivity index (χ3v) is 2.17. The topological polar surface area (TPSA) is 90.6 Å². The van der Waals surface area contributed by atoms with E-state index < -0.39 is 24.0 Å². The number of ether oxygens (including phenoxy) is 1. The average molecular weight is 239 g/mol. The Balaban J connectivity index is 3.05. The minimum Gasteiger partial charge on any atom is -0.465 e. The molecule has 0 saturated heterocycles. The maximum absolute atomic E-state index is 13.4. The Morgan fingerprint density at radius 3 is 2.65 bits per heavy atom. The van der Waals surface area contributed by atoms with Gasteiger partial charge in [-0.05, 0) is 17.7 Å². The van der Waals surface area contributed by atoms with Crippen molar-refractivity contribution in [2.75, 3.05) is 7.11 Å². The molecule has 1 rings (SSSR count). The van der Waals surface area contributed by atoms with E-state index in [0.29, 0.717) is 0 Å². The van der Waals surface area contributed by atoms with E-state index in [-0.39, 0.29) is 11.1 Å². The number of aliphatic hydroxyl groups excluding tert-OH is 2. The monoisotopic (exact) mass is 239 g/mol. The third-order valence-electron chi connectivity index (χ3n) is 2.17. The Kier molecular flexibility index (Phi) is 4.15. The summed E-state index contributed by atoms with van der Waals surface area (Å²) in [6.45, 7) is 0. The Bertz CT molecular complexity index is 469. The van der Waals surface area contributed by atoms with Crippen LogP contribution in [0.3, 0.4) is 0 Å². The van der Waals surface area contributed by atoms with Crippen LogP contribution in [0, 0.1) is 17.1 Å². The molecule has 2 unspecified atom stereocenters. The highest BCUT2D eigenvalue weighted by Gasteiger charge is 2.20. The van der Waals surface area contributed by atoms with Crippen molar-refractivity contribution in [3.05, 3.63) is 35.1 Å². The van der Waals surface area contributed by atoms with Crippen molar-refractivity contribution < 1.29 is 24.1 Å². The Hall–Kier alpha value is -1.97. The zero-order valence-corrected chi connectivity index (χ0v) is 8.92. The van der Waals surface area contributed by atoms with Crippen LogP contribution >= 0.6 is 0 Å². The number of carbonyl (C=O) groups excluding carboxylic acids is 1. The molecule has 0 aliphatic heterocycles. The highest BCUT2D eigenvalue weighted by atomic mass is 19.1. The summed E-state index contributed by atoms with van der Waals surface area (Å²) in [5, 5.41) is 26.9. The predicted octanol–water partition coefficient (Wildman–Crippen LogP) is 0.530. The lowest BCUT2D eigenvalue weighted by atomic mass is 10.0. The van der Waals surface area contributed by atoms with Gasteiger partial charge >= 0.3 is 5.97 Å². The molecule has 6 heteroatoms. The van der Waals surface area contributed by atoms with Gasteiger partial charge in [0.15, 0.2) is 6.10 Å². The molecule has 0 aliphatic rings. The lowest BCUT2D eigenvalue weighted by Gasteiger charge is -2.12. The maximum Gasteiger partial charge on any atom is 0.340 e. The lowest BCUT2D eigenvalue weighted by molar-refractivity contribution is 0.0523. The molecule has 0 radical (unpaired) electrons. The van der Waals surface area contributed by atoms with Crippen LogP contribution in [-0.2, 0) is 4.74 Å². The average Bonchev–Trinajstić information content (AvgIpc) is 2.35. The van der Waals surface area contributed by atoms with E-state index in [1.807, 2.05) is 0 Å². The number of halogens is 1. The molecule has 0 fully saturated rings. The Morgan fingerprint density at radius 2 is 2.18 bits per heavy atom. The fourth-order valence-corrected chi connectivity index (χ4v) is 1.24. The molecule has 0 bridgehead atoms. The van der Waals surface area contributed by atoms with Crippen LogP contribution in [0.1, 0.15) is 22.0 Å². The van der Waals surface area contributed by atoms with Gasteiger partial charge < -0.3 is 14.9 Å². The molecule has 0 aromatic heterocycles. The second-order valence-electron chi connectivity index (χ2n) is 3.25. The molecule has 2 N–H and O–H groups in total. The van der Waals surface area contributed by atoms with Crippen LogP contribution < -0.4 is 0 Å². The summed E-state index contributed by atoms with van der Waals surface area (Å²) in [7, 11) is 1.12. The van der Waals surface area contributed by atoms with E-state index in [2.05, 4.69) is 4.74 Å². The number of hydrogen-bond acceptors (Lipinski definition) is 5. The van der Waals surface area contributed by atoms with Crippen molar-refractivity contribution in [2.45, 2.75) is 12.2 Å². The fraction of sp³-hybridized carbons (Fsp3) is 0.273. The minimum atomic E-state index is -1.65. The Morgan fingerprint density at radius 1 is 1.53 bits per heavy atom. The maximum atomic E-state index is 13.4. The Labute approximate surface area is 96.7 Å². The molecule has 1 aromatic rings. The van der Waals surface area contributed by atoms with Crippen LogP contribution in [0.25, 0.3) is 0 Å². The summed E-state index contributed by atoms with van der Waals surface area (Å²) >= 11 is 0. The zero-order valence-electron chi connectivity index (χ0n) is 8.92. The minimum absolute atomic E-state index is 0.00389. The molecule has 5 nitrogen and oxygen atoms in total. The molecule has 0 saturated carbocycles. The van der Waals surface area contributed by atoms with Crippen LogP contribution in [0.5, 0.6) is 0 Å². The molecule has 2 atom stereocenters. The summed E-state index contributed by atoms with van der Waals surface area (Å²) in [6, 6.07) is 4.65. The summed E-state index contributed by atoms with van der Waals surface area (Å²) in [6.07, 6.45) is -3.18. The van der Waals surface area contributed by atoms with Gasteiger partial charge in [-0.1, -0.05) is 6.07 Å². The van der Waals surface area contributed by atoms with Crippen molar-refractivity contribution in [2.24, 2.45) is 0 Å². The van der Waals surface area contributed by atoms with Crippen LogP contribution in [0.4, 0.5) is 4.39 Å². The number of benzene rings is 1. The first-order chi connectivity index (χ1) is 8.01. The fourth-order valence-electron chi connectivity index (χ4n) is 1.24. The molecule has 17 heavy (non-hydrogen) atoms. The van der Waals surface area contributed by atoms with Crippen molar-refractivity contribution in [1.82, 2.24) is 0 Å². The van der Waals surface area contributed by atoms with Crippen LogP contribution in [0.15, 0.2) is 18.2 Å². The quantitative estimate of drug-likeness (QED) is 0.593. The van der Waals surface area contributed by atoms with E-state index in [0.717, 1.165) is 19.2 Å². The second kappa shape index (κ2) is 5.39. The summed E-state index contributed by atoms with van der Waals surface area (Å²) < 4.78 is 17.8. The molecule has 0 spiro atoms. The number of carbonyl (C=O) groups is 1. The van der Waals surface area contributed by atoms with Gasteiger partial charge in [-0.15, -0.1) is 0 Å². The smallest absolute Gasteiger partial charge is 0.340 e. The summed E-state index contributed by atoms with van der Waals surface area (Å²) in [4.78, 5) is 11.1. The van der Waals surface area contributed by atoms with Crippen molar-refractivity contribution in [3.8, 4) is 6.07 Å². The van der Waals surface area contributed by atoms with Gasteiger partial charge in [0.2, 0.25) is 0 Å². The molecular formula is C11H10FNO4. The second-order valence-corrected chi connectivity index (χ2v) is 3.25. The van der Waals surface area contributed by atoms with Gasteiger partial charge in [-0.25, -0.2) is 9.18 Å². The van der Waals surface area contributed by atoms with Crippen LogP contribution in [-0.4, -0.2) is 29.4 Å². The molecular weight excluding hydrogens is 229 g/mol. The highest BCUT2D eigenvalue weighted by molar-refractivity contribution is 5.89. The van der Waals surface area contributed by atoms with E-state index in [1.165, 1.54) is 12.1 Å². The molecule has 0 aliphatic carbocycles. The van der Waals surface area contributed by atoms with Crippen molar-refractivity contribution in [1.29, 1.82) is 5.26 Å². The summed E-state index contributed by atoms with van der Waals surface area (Å²) in [5.74, 6) is -1.73. The zero-order chi connectivity index (χ0) is 13.0. The first-order valence-electron chi connectivity index (χ1n) is 4.64. The van der Waals surface area contributed by atoms with Crippen molar-refractivity contribution >= 4 is 5.97 Å². The van der Waals surface area contributed by atoms with Crippen LogP contribution in [0.2, 0.25) is 0 Å². The lowest BCUT2D eigenvalue weighted by Crippen LogP contribution is -2.16. The van der Waals surface area contributed by atoms with Gasteiger partial charge in [-0.2, -0.15) is 5.26 Å². The normalized spacial score (nSPS) is 13.6. The molecule has 0 heterocycles. The van der Waals surface area contributed by atoms with Gasteiger partial charge in [-0.3, -0.25) is 0 Å². The van der Waals surface area contributed by atoms with E-state index in [1.54, 1.807) is 0 Å². The van der Waals surface area contributed by atoms with Gasteiger partial charge in [0.1, 0.15) is 11.9 Å². The number of hydrogen-bond donors (Lipinski definition) is 2. The highest BCUT2D eigenvalue weighted by Crippen LogP contribution is 2.20. The van der Waals surface area contributed by atoms with Gasteiger partial charge in [0.05, 0.1) is 18.7 Å². The number of methoxy groups -OCH3 is 1. The van der Waals surface area contributed by atoms with E-state index >= 15 is 0 Å². The SMILES string of the molecule is COC(=O)c1ccc(C(O)C(O)C#N)cc1F. The van der Waals surface area contributed by atoms with E-state index in [9.17, 15) is 14.3 Å². The first kappa shape index (κ1) is 13.1. The molecule has 90 valence electrons. The standard InChI is InChI=1S/C11H10FNO4/c1-17-11(16)7-3-2-6(4-8(7)12)10(15)9(14)5-13/h2-4,9-10,14-15H,1H3. The third kappa shape index (κ3) is 2.78. The largest absolute Gasteiger partial charge is 0.465 e. The number of esters is 1.